The van der Waals surface area contributed by atoms with E-state index in [0.717, 1.165) is 44.9 Å². The largest absolute Gasteiger partial charge is 0.382 e. The van der Waals surface area contributed by atoms with Crippen molar-refractivity contribution in [1.29, 1.82) is 0 Å². The molecule has 0 bridgehead atoms. The smallest absolute Gasteiger partial charge is 0.165 e. The molecule has 0 aliphatic heterocycles. The van der Waals surface area contributed by atoms with E-state index in [4.69, 9.17) is 9.47 Å². The quantitative estimate of drug-likeness (QED) is 0.574. The van der Waals surface area contributed by atoms with Crippen LogP contribution in [0, 0.1) is 5.92 Å². The fourth-order valence-corrected chi connectivity index (χ4v) is 1.71. The molecule has 1 aromatic heterocycles. The lowest BCUT2D eigenvalue weighted by molar-refractivity contribution is 0.0683. The number of unbranched alkanes of at least 4 members (excludes halogenated alkanes) is 1. The van der Waals surface area contributed by atoms with Gasteiger partial charge in [0.1, 0.15) is 0 Å². The average molecular weight is 285 g/mol. The molecule has 0 radical (unpaired) electrons. The molecular formula is C13H27N5O2. The summed E-state index contributed by atoms with van der Waals surface area (Å²) < 4.78 is 12.2. The van der Waals surface area contributed by atoms with Crippen molar-refractivity contribution in [3.05, 3.63) is 5.82 Å². The summed E-state index contributed by atoms with van der Waals surface area (Å²) in [6.45, 7) is 8.95. The van der Waals surface area contributed by atoms with Gasteiger partial charge in [-0.25, -0.2) is 4.68 Å². The van der Waals surface area contributed by atoms with Crippen molar-refractivity contribution >= 4 is 0 Å². The first kappa shape index (κ1) is 17.0. The summed E-state index contributed by atoms with van der Waals surface area (Å²) in [5.41, 5.74) is 0. The van der Waals surface area contributed by atoms with E-state index >= 15 is 0 Å². The van der Waals surface area contributed by atoms with E-state index in [0.29, 0.717) is 19.1 Å². The predicted molar refractivity (Wildman–Crippen MR) is 76.3 cm³/mol. The molecule has 0 unspecified atom stereocenters. The highest BCUT2D eigenvalue weighted by Gasteiger charge is 2.05. The van der Waals surface area contributed by atoms with Crippen LogP contribution in [0.15, 0.2) is 0 Å². The Morgan fingerprint density at radius 3 is 2.80 bits per heavy atom. The van der Waals surface area contributed by atoms with Crippen LogP contribution in [0.2, 0.25) is 0 Å². The van der Waals surface area contributed by atoms with E-state index in [9.17, 15) is 0 Å². The maximum atomic E-state index is 5.42. The van der Waals surface area contributed by atoms with Crippen LogP contribution >= 0.6 is 0 Å². The Hall–Kier alpha value is -1.05. The van der Waals surface area contributed by atoms with Crippen molar-refractivity contribution in [2.75, 3.05) is 33.5 Å². The third kappa shape index (κ3) is 7.52. The van der Waals surface area contributed by atoms with Gasteiger partial charge in [-0.05, 0) is 35.7 Å². The molecule has 116 valence electrons. The molecule has 0 fully saturated rings. The molecule has 1 aromatic rings. The fraction of sp³-hybridized carbons (Fsp3) is 0.923. The minimum absolute atomic E-state index is 0.628. The number of rotatable bonds is 12. The Balaban J connectivity index is 2.12. The first-order valence-electron chi connectivity index (χ1n) is 7.26. The molecular weight excluding hydrogens is 258 g/mol. The second kappa shape index (κ2) is 10.7. The zero-order chi connectivity index (χ0) is 14.6. The first-order chi connectivity index (χ1) is 9.74. The monoisotopic (exact) mass is 285 g/mol. The van der Waals surface area contributed by atoms with Crippen molar-refractivity contribution in [2.24, 2.45) is 5.92 Å². The predicted octanol–water partition coefficient (Wildman–Crippen LogP) is 0.862. The number of nitrogens with zero attached hydrogens (tertiary/aromatic N) is 4. The summed E-state index contributed by atoms with van der Waals surface area (Å²) in [4.78, 5) is 0. The maximum absolute atomic E-state index is 5.42. The molecule has 0 aliphatic carbocycles. The summed E-state index contributed by atoms with van der Waals surface area (Å²) in [7, 11) is 1.68. The van der Waals surface area contributed by atoms with Crippen LogP contribution < -0.4 is 5.32 Å². The second-order valence-electron chi connectivity index (χ2n) is 5.16. The Kier molecular flexibility index (Phi) is 9.10. The normalized spacial score (nSPS) is 11.4. The molecule has 0 atom stereocenters. The molecule has 7 nitrogen and oxygen atoms in total. The number of hydrogen-bond acceptors (Lipinski definition) is 6. The Bertz CT molecular complexity index is 343. The number of aryl methyl sites for hydroxylation is 1. The minimum atomic E-state index is 0.628. The molecule has 0 saturated carbocycles. The van der Waals surface area contributed by atoms with E-state index in [2.05, 4.69) is 34.7 Å². The summed E-state index contributed by atoms with van der Waals surface area (Å²) >= 11 is 0. The van der Waals surface area contributed by atoms with Crippen LogP contribution in [0.5, 0.6) is 0 Å². The zero-order valence-electron chi connectivity index (χ0n) is 12.8. The van der Waals surface area contributed by atoms with Crippen molar-refractivity contribution in [1.82, 2.24) is 25.5 Å². The SMILES string of the molecule is COCCOCCCCn1nnnc1CNCC(C)C. The van der Waals surface area contributed by atoms with Crippen molar-refractivity contribution < 1.29 is 9.47 Å². The standard InChI is InChI=1S/C13H27N5O2/c1-12(2)10-14-11-13-15-16-17-18(13)6-4-5-7-20-9-8-19-3/h12,14H,4-11H2,1-3H3. The van der Waals surface area contributed by atoms with Crippen molar-refractivity contribution in [3.8, 4) is 0 Å². The van der Waals surface area contributed by atoms with Crippen LogP contribution in [0.3, 0.4) is 0 Å². The number of methoxy groups -OCH3 is 1. The van der Waals surface area contributed by atoms with Crippen LogP contribution in [0.1, 0.15) is 32.5 Å². The van der Waals surface area contributed by atoms with E-state index in [-0.39, 0.29) is 0 Å². The highest BCUT2D eigenvalue weighted by atomic mass is 16.5. The van der Waals surface area contributed by atoms with Crippen molar-refractivity contribution in [3.63, 3.8) is 0 Å². The van der Waals surface area contributed by atoms with Crippen molar-refractivity contribution in [2.45, 2.75) is 39.8 Å². The van der Waals surface area contributed by atoms with Gasteiger partial charge in [0.15, 0.2) is 5.82 Å². The van der Waals surface area contributed by atoms with Gasteiger partial charge in [-0.15, -0.1) is 5.10 Å². The Morgan fingerprint density at radius 1 is 1.20 bits per heavy atom. The van der Waals surface area contributed by atoms with Gasteiger partial charge in [0.05, 0.1) is 19.8 Å². The van der Waals surface area contributed by atoms with Gasteiger partial charge in [0.2, 0.25) is 0 Å². The second-order valence-corrected chi connectivity index (χ2v) is 5.16. The van der Waals surface area contributed by atoms with Gasteiger partial charge in [-0.1, -0.05) is 13.8 Å². The molecule has 0 aliphatic rings. The molecule has 0 amide bonds. The molecule has 1 rings (SSSR count). The van der Waals surface area contributed by atoms with E-state index < -0.39 is 0 Å². The molecule has 0 aromatic carbocycles. The number of hydrogen-bond donors (Lipinski definition) is 1. The van der Waals surface area contributed by atoms with Crippen LogP contribution in [0.4, 0.5) is 0 Å². The Morgan fingerprint density at radius 2 is 2.05 bits per heavy atom. The third-order valence-corrected chi connectivity index (χ3v) is 2.78. The lowest BCUT2D eigenvalue weighted by atomic mass is 10.2. The zero-order valence-corrected chi connectivity index (χ0v) is 12.8. The van der Waals surface area contributed by atoms with Gasteiger partial charge in [-0.2, -0.15) is 0 Å². The number of ether oxygens (including phenoxy) is 2. The molecule has 20 heavy (non-hydrogen) atoms. The van der Waals surface area contributed by atoms with E-state index in [1.807, 2.05) is 4.68 Å². The minimum Gasteiger partial charge on any atom is -0.382 e. The molecule has 0 saturated heterocycles. The fourth-order valence-electron chi connectivity index (χ4n) is 1.71. The molecule has 1 heterocycles. The number of aromatic nitrogens is 4. The topological polar surface area (TPSA) is 74.1 Å². The van der Waals surface area contributed by atoms with Crippen LogP contribution in [0.25, 0.3) is 0 Å². The Labute approximate surface area is 121 Å². The number of nitrogens with one attached hydrogen (secondary N) is 1. The van der Waals surface area contributed by atoms with Gasteiger partial charge < -0.3 is 14.8 Å². The average Bonchev–Trinajstić information content (AvgIpc) is 2.85. The van der Waals surface area contributed by atoms with Gasteiger partial charge >= 0.3 is 0 Å². The molecule has 0 spiro atoms. The maximum Gasteiger partial charge on any atom is 0.165 e. The summed E-state index contributed by atoms with van der Waals surface area (Å²) in [6.07, 6.45) is 2.01. The summed E-state index contributed by atoms with van der Waals surface area (Å²) in [6, 6.07) is 0. The molecule has 7 heteroatoms. The lowest BCUT2D eigenvalue weighted by Gasteiger charge is -2.08. The van der Waals surface area contributed by atoms with E-state index in [1.54, 1.807) is 7.11 Å². The van der Waals surface area contributed by atoms with Crippen LogP contribution in [-0.4, -0.2) is 53.7 Å². The van der Waals surface area contributed by atoms with E-state index in [1.165, 1.54) is 0 Å². The first-order valence-corrected chi connectivity index (χ1v) is 7.26. The third-order valence-electron chi connectivity index (χ3n) is 2.78. The van der Waals surface area contributed by atoms with Gasteiger partial charge in [-0.3, -0.25) is 0 Å². The number of tetrazole rings is 1. The summed E-state index contributed by atoms with van der Waals surface area (Å²) in [5, 5.41) is 15.1. The van der Waals surface area contributed by atoms with Crippen LogP contribution in [-0.2, 0) is 22.6 Å². The highest BCUT2D eigenvalue weighted by molar-refractivity contribution is 4.79. The summed E-state index contributed by atoms with van der Waals surface area (Å²) in [5.74, 6) is 1.52. The highest BCUT2D eigenvalue weighted by Crippen LogP contribution is 1.98. The van der Waals surface area contributed by atoms with Gasteiger partial charge in [0, 0.05) is 20.3 Å². The van der Waals surface area contributed by atoms with Gasteiger partial charge in [0.25, 0.3) is 0 Å². The molecule has 1 N–H and O–H groups in total. The lowest BCUT2D eigenvalue weighted by Crippen LogP contribution is -2.22.